The molecule has 0 aromatic rings. The van der Waals surface area contributed by atoms with E-state index in [2.05, 4.69) is 34.6 Å². The van der Waals surface area contributed by atoms with Gasteiger partial charge in [0.25, 0.3) is 0 Å². The van der Waals surface area contributed by atoms with Crippen molar-refractivity contribution in [3.05, 3.63) is 0 Å². The largest absolute Gasteiger partial charge is 0.418 e. The van der Waals surface area contributed by atoms with Gasteiger partial charge in [0.1, 0.15) is 0 Å². The van der Waals surface area contributed by atoms with Gasteiger partial charge in [-0.1, -0.05) is 20.8 Å². The van der Waals surface area contributed by atoms with E-state index in [1.54, 1.807) is 0 Å². The van der Waals surface area contributed by atoms with Gasteiger partial charge in [0.2, 0.25) is 0 Å². The fourth-order valence-corrected chi connectivity index (χ4v) is 2.75. The van der Waals surface area contributed by atoms with Gasteiger partial charge in [-0.25, -0.2) is 0 Å². The van der Waals surface area contributed by atoms with Gasteiger partial charge >= 0.3 is 0 Å². The topological polar surface area (TPSA) is 29.5 Å². The number of hydrogen-bond acceptors (Lipinski definition) is 2. The van der Waals surface area contributed by atoms with Crippen LogP contribution in [0.2, 0.25) is 5.04 Å². The van der Waals surface area contributed by atoms with Crippen LogP contribution in [0.1, 0.15) is 47.5 Å². The molecule has 0 aliphatic heterocycles. The third-order valence-corrected chi connectivity index (χ3v) is 5.03. The summed E-state index contributed by atoms with van der Waals surface area (Å²) in [5.74, 6) is 0. The van der Waals surface area contributed by atoms with Crippen molar-refractivity contribution in [3.63, 3.8) is 0 Å². The molecule has 0 atom stereocenters. The number of aliphatic hydroxyl groups excluding tert-OH is 1. The van der Waals surface area contributed by atoms with Crippen LogP contribution in [0.5, 0.6) is 0 Å². The highest BCUT2D eigenvalue weighted by Crippen LogP contribution is 2.55. The molecule has 0 spiro atoms. The Hall–Kier alpha value is 0.137. The number of hydrogen-bond donors (Lipinski definition) is 1. The normalized spacial score (nSPS) is 21.9. The van der Waals surface area contributed by atoms with Gasteiger partial charge in [-0.15, -0.1) is 0 Å². The Morgan fingerprint density at radius 3 is 2.00 bits per heavy atom. The Bertz CT molecular complexity index is 202. The van der Waals surface area contributed by atoms with Crippen molar-refractivity contribution >= 4 is 9.76 Å². The second-order valence-electron chi connectivity index (χ2n) is 6.30. The summed E-state index contributed by atoms with van der Waals surface area (Å²) in [6.07, 6.45) is 2.24. The van der Waals surface area contributed by atoms with Crippen LogP contribution < -0.4 is 0 Å². The molecule has 0 aromatic heterocycles. The highest BCUT2D eigenvalue weighted by atomic mass is 28.2. The molecule has 0 amide bonds. The lowest BCUT2D eigenvalue weighted by atomic mass is 9.88. The number of aliphatic hydroxyl groups is 1. The summed E-state index contributed by atoms with van der Waals surface area (Å²) in [5, 5.41) is 9.69. The molecule has 1 fully saturated rings. The fourth-order valence-electron chi connectivity index (χ4n) is 1.65. The summed E-state index contributed by atoms with van der Waals surface area (Å²) >= 11 is 0. The zero-order chi connectivity index (χ0) is 11.0. The predicted molar refractivity (Wildman–Crippen MR) is 62.2 cm³/mol. The van der Waals surface area contributed by atoms with Crippen LogP contribution in [0.15, 0.2) is 0 Å². The van der Waals surface area contributed by atoms with E-state index < -0.39 is 9.76 Å². The zero-order valence-corrected chi connectivity index (χ0v) is 11.6. The smallest absolute Gasteiger partial charge is 0.167 e. The maximum absolute atomic E-state index is 9.36. The van der Waals surface area contributed by atoms with E-state index >= 15 is 0 Å². The van der Waals surface area contributed by atoms with Crippen LogP contribution in [0.4, 0.5) is 0 Å². The lowest BCUT2D eigenvalue weighted by Crippen LogP contribution is -2.41. The first-order valence-electron chi connectivity index (χ1n) is 5.47. The first-order valence-corrected chi connectivity index (χ1v) is 6.76. The maximum atomic E-state index is 9.36. The van der Waals surface area contributed by atoms with Crippen molar-refractivity contribution < 1.29 is 9.53 Å². The highest BCUT2D eigenvalue weighted by molar-refractivity contribution is 6.31. The lowest BCUT2D eigenvalue weighted by Gasteiger charge is -2.36. The molecule has 1 rings (SSSR count). The van der Waals surface area contributed by atoms with Crippen molar-refractivity contribution in [2.75, 3.05) is 6.61 Å². The van der Waals surface area contributed by atoms with Gasteiger partial charge in [0.15, 0.2) is 9.76 Å². The first kappa shape index (κ1) is 12.2. The zero-order valence-electron chi connectivity index (χ0n) is 10.2. The fraction of sp³-hybridized carbons (Fsp3) is 1.00. The molecular weight excluding hydrogens is 192 g/mol. The van der Waals surface area contributed by atoms with Gasteiger partial charge in [-0.3, -0.25) is 0 Å². The van der Waals surface area contributed by atoms with Crippen LogP contribution in [-0.2, 0) is 4.43 Å². The first-order chi connectivity index (χ1) is 6.22. The molecule has 0 radical (unpaired) electrons. The maximum Gasteiger partial charge on any atom is 0.167 e. The molecule has 1 saturated carbocycles. The minimum atomic E-state index is -0.515. The predicted octanol–water partition coefficient (Wildman–Crippen LogP) is 1.86. The summed E-state index contributed by atoms with van der Waals surface area (Å²) in [6, 6.07) is 0. The van der Waals surface area contributed by atoms with E-state index in [0.717, 1.165) is 12.8 Å². The van der Waals surface area contributed by atoms with Crippen molar-refractivity contribution in [3.8, 4) is 0 Å². The molecule has 0 aromatic carbocycles. The lowest BCUT2D eigenvalue weighted by molar-refractivity contribution is -0.00317. The van der Waals surface area contributed by atoms with E-state index in [1.807, 2.05) is 0 Å². The summed E-state index contributed by atoms with van der Waals surface area (Å²) in [6.45, 7) is 11.2. The van der Waals surface area contributed by atoms with Crippen molar-refractivity contribution in [1.29, 1.82) is 0 Å². The Balaban J connectivity index is 2.50. The molecule has 14 heavy (non-hydrogen) atoms. The molecule has 1 N–H and O–H groups in total. The quantitative estimate of drug-likeness (QED) is 0.727. The summed E-state index contributed by atoms with van der Waals surface area (Å²) in [7, 11) is -0.515. The average molecular weight is 216 g/mol. The molecule has 1 aliphatic carbocycles. The summed E-state index contributed by atoms with van der Waals surface area (Å²) in [5.41, 5.74) is -0.0491. The van der Waals surface area contributed by atoms with Crippen LogP contribution >= 0.6 is 0 Å². The molecule has 84 valence electrons. The van der Waals surface area contributed by atoms with Gasteiger partial charge < -0.3 is 9.53 Å². The highest BCUT2D eigenvalue weighted by Gasteiger charge is 2.54. The van der Waals surface area contributed by atoms with Crippen LogP contribution in [-0.4, -0.2) is 27.1 Å². The van der Waals surface area contributed by atoms with Crippen LogP contribution in [0.25, 0.3) is 0 Å². The van der Waals surface area contributed by atoms with E-state index in [0.29, 0.717) is 5.04 Å². The standard InChI is InChI=1S/C11H24O2Si/c1-9(2,3)14-13-10(4,5)11(8-12)6-7-11/h12H,6-8,14H2,1-5H3. The summed E-state index contributed by atoms with van der Waals surface area (Å²) < 4.78 is 6.09. The van der Waals surface area contributed by atoms with E-state index in [9.17, 15) is 5.11 Å². The van der Waals surface area contributed by atoms with E-state index in [1.165, 1.54) is 0 Å². The van der Waals surface area contributed by atoms with Gasteiger partial charge in [0.05, 0.1) is 12.2 Å². The van der Waals surface area contributed by atoms with E-state index in [4.69, 9.17) is 4.43 Å². The van der Waals surface area contributed by atoms with Crippen LogP contribution in [0, 0.1) is 5.41 Å². The van der Waals surface area contributed by atoms with Gasteiger partial charge in [-0.05, 0) is 31.7 Å². The van der Waals surface area contributed by atoms with Crippen molar-refractivity contribution in [2.24, 2.45) is 5.41 Å². The Kier molecular flexibility index (Phi) is 3.15. The molecule has 3 heteroatoms. The molecule has 0 saturated heterocycles. The van der Waals surface area contributed by atoms with Crippen LogP contribution in [0.3, 0.4) is 0 Å². The molecule has 0 unspecified atom stereocenters. The minimum absolute atomic E-state index is 0.0747. The van der Waals surface area contributed by atoms with Crippen molar-refractivity contribution in [1.82, 2.24) is 0 Å². The Morgan fingerprint density at radius 2 is 1.71 bits per heavy atom. The molecule has 2 nitrogen and oxygen atoms in total. The van der Waals surface area contributed by atoms with Gasteiger partial charge in [0, 0.05) is 5.41 Å². The van der Waals surface area contributed by atoms with Crippen molar-refractivity contribution in [2.45, 2.75) is 58.1 Å². The third kappa shape index (κ3) is 2.58. The molecular formula is C11H24O2Si. The second-order valence-corrected chi connectivity index (χ2v) is 9.00. The molecule has 0 heterocycles. The Morgan fingerprint density at radius 1 is 1.21 bits per heavy atom. The molecule has 0 bridgehead atoms. The Labute approximate surface area is 90.0 Å². The molecule has 1 aliphatic rings. The SMILES string of the molecule is CC(C)(C)[SiH2]OC(C)(C)C1(CO)CC1. The number of rotatable bonds is 4. The third-order valence-electron chi connectivity index (χ3n) is 3.30. The summed E-state index contributed by atoms with van der Waals surface area (Å²) in [4.78, 5) is 0. The van der Waals surface area contributed by atoms with E-state index in [-0.39, 0.29) is 17.6 Å². The minimum Gasteiger partial charge on any atom is -0.418 e. The van der Waals surface area contributed by atoms with Gasteiger partial charge in [-0.2, -0.15) is 0 Å². The monoisotopic (exact) mass is 216 g/mol. The second kappa shape index (κ2) is 3.61. The average Bonchev–Trinajstić information content (AvgIpc) is 2.80.